The van der Waals surface area contributed by atoms with E-state index in [4.69, 9.17) is 11.6 Å². The van der Waals surface area contributed by atoms with Gasteiger partial charge in [0.25, 0.3) is 0 Å². The fourth-order valence-corrected chi connectivity index (χ4v) is 2.37. The summed E-state index contributed by atoms with van der Waals surface area (Å²) in [5.41, 5.74) is 3.15. The first-order valence-electron chi connectivity index (χ1n) is 6.27. The molecule has 102 valence electrons. The molecule has 1 N–H and O–H groups in total. The predicted molar refractivity (Wildman–Crippen MR) is 80.0 cm³/mol. The van der Waals surface area contributed by atoms with Gasteiger partial charge in [-0.3, -0.25) is 5.10 Å². The summed E-state index contributed by atoms with van der Waals surface area (Å²) in [4.78, 5) is 10.5. The third-order valence-electron chi connectivity index (χ3n) is 3.29. The number of aromatic amines is 1. The largest absolute Gasteiger partial charge is 0.355 e. The van der Waals surface area contributed by atoms with E-state index in [1.165, 1.54) is 11.1 Å². The molecule has 0 radical (unpaired) electrons. The number of hydrogen-bond acceptors (Lipinski definition) is 4. The summed E-state index contributed by atoms with van der Waals surface area (Å²) < 4.78 is 0. The number of hydrogen-bond donors (Lipinski definition) is 1. The van der Waals surface area contributed by atoms with E-state index in [9.17, 15) is 0 Å². The summed E-state index contributed by atoms with van der Waals surface area (Å²) in [6.45, 7) is 2.85. The molecule has 0 unspecified atom stereocenters. The Balaban J connectivity index is 1.98. The maximum absolute atomic E-state index is 5.96. The number of nitrogens with one attached hydrogen (secondary N) is 1. The van der Waals surface area contributed by atoms with Crippen molar-refractivity contribution < 1.29 is 0 Å². The quantitative estimate of drug-likeness (QED) is 0.753. The first kappa shape index (κ1) is 12.9. The molecular formula is C14H14ClN5. The van der Waals surface area contributed by atoms with Crippen LogP contribution in [0.4, 0.5) is 5.82 Å². The average molecular weight is 288 g/mol. The highest BCUT2D eigenvalue weighted by Crippen LogP contribution is 2.24. The fraction of sp³-hybridized carbons (Fsp3) is 0.214. The van der Waals surface area contributed by atoms with E-state index in [0.717, 1.165) is 17.7 Å². The fourth-order valence-electron chi connectivity index (χ4n) is 2.20. The lowest BCUT2D eigenvalue weighted by molar-refractivity contribution is 0.893. The lowest BCUT2D eigenvalue weighted by Gasteiger charge is -2.20. The van der Waals surface area contributed by atoms with Crippen LogP contribution in [0.2, 0.25) is 5.28 Å². The molecule has 2 aromatic heterocycles. The number of benzene rings is 1. The molecule has 0 aliphatic carbocycles. The van der Waals surface area contributed by atoms with Gasteiger partial charge in [0.2, 0.25) is 5.28 Å². The van der Waals surface area contributed by atoms with Crippen molar-refractivity contribution >= 4 is 28.5 Å². The first-order chi connectivity index (χ1) is 9.65. The van der Waals surface area contributed by atoms with Crippen LogP contribution in [-0.4, -0.2) is 27.2 Å². The summed E-state index contributed by atoms with van der Waals surface area (Å²) in [5, 5.41) is 7.90. The minimum absolute atomic E-state index is 0.216. The molecule has 5 nitrogen and oxygen atoms in total. The van der Waals surface area contributed by atoms with Gasteiger partial charge in [0.05, 0.1) is 11.6 Å². The molecule has 0 aliphatic rings. The highest BCUT2D eigenvalue weighted by atomic mass is 35.5. The average Bonchev–Trinajstić information content (AvgIpc) is 2.88. The van der Waals surface area contributed by atoms with Gasteiger partial charge in [-0.05, 0) is 29.7 Å². The van der Waals surface area contributed by atoms with E-state index in [1.807, 2.05) is 24.1 Å². The molecule has 1 aromatic carbocycles. The second-order valence-electron chi connectivity index (χ2n) is 4.73. The number of rotatable bonds is 3. The number of H-pyrrole nitrogens is 1. The Kier molecular flexibility index (Phi) is 3.28. The van der Waals surface area contributed by atoms with Crippen molar-refractivity contribution in [2.45, 2.75) is 13.5 Å². The minimum Gasteiger partial charge on any atom is -0.355 e. The molecule has 0 amide bonds. The van der Waals surface area contributed by atoms with Crippen LogP contribution in [0.3, 0.4) is 0 Å². The van der Waals surface area contributed by atoms with E-state index in [0.29, 0.717) is 5.65 Å². The van der Waals surface area contributed by atoms with Crippen LogP contribution >= 0.6 is 11.6 Å². The molecule has 0 aliphatic heterocycles. The summed E-state index contributed by atoms with van der Waals surface area (Å²) in [7, 11) is 1.98. The standard InChI is InChI=1S/C14H14ClN5/c1-9-5-3-4-6-10(9)8-20(2)13-11-7-16-19-12(11)17-14(15)18-13/h3-7H,8H2,1-2H3,(H,16,17,18,19). The van der Waals surface area contributed by atoms with Gasteiger partial charge in [-0.25, -0.2) is 0 Å². The second-order valence-corrected chi connectivity index (χ2v) is 5.07. The Labute approximate surface area is 121 Å². The molecule has 0 atom stereocenters. The Hall–Kier alpha value is -2.14. The van der Waals surface area contributed by atoms with Crippen LogP contribution in [0.1, 0.15) is 11.1 Å². The van der Waals surface area contributed by atoms with Crippen molar-refractivity contribution in [3.8, 4) is 0 Å². The van der Waals surface area contributed by atoms with E-state index < -0.39 is 0 Å². The predicted octanol–water partition coefficient (Wildman–Crippen LogP) is 2.95. The van der Waals surface area contributed by atoms with Gasteiger partial charge in [0, 0.05) is 13.6 Å². The lowest BCUT2D eigenvalue weighted by atomic mass is 10.1. The molecule has 2 heterocycles. The van der Waals surface area contributed by atoms with Gasteiger partial charge >= 0.3 is 0 Å². The van der Waals surface area contributed by atoms with Crippen LogP contribution in [0, 0.1) is 6.92 Å². The number of anilines is 1. The van der Waals surface area contributed by atoms with Crippen molar-refractivity contribution in [1.82, 2.24) is 20.2 Å². The number of aromatic nitrogens is 4. The van der Waals surface area contributed by atoms with Crippen molar-refractivity contribution in [1.29, 1.82) is 0 Å². The molecule has 0 saturated heterocycles. The monoisotopic (exact) mass is 287 g/mol. The van der Waals surface area contributed by atoms with E-state index >= 15 is 0 Å². The second kappa shape index (κ2) is 5.09. The molecule has 0 spiro atoms. The maximum atomic E-state index is 5.96. The SMILES string of the molecule is Cc1ccccc1CN(C)c1nc(Cl)nc2[nH]ncc12. The smallest absolute Gasteiger partial charge is 0.226 e. The topological polar surface area (TPSA) is 57.7 Å². The Morgan fingerprint density at radius 1 is 1.25 bits per heavy atom. The van der Waals surface area contributed by atoms with Crippen LogP contribution in [-0.2, 0) is 6.54 Å². The highest BCUT2D eigenvalue weighted by molar-refractivity contribution is 6.28. The zero-order valence-corrected chi connectivity index (χ0v) is 12.0. The molecule has 20 heavy (non-hydrogen) atoms. The van der Waals surface area contributed by atoms with Gasteiger partial charge in [-0.15, -0.1) is 0 Å². The van der Waals surface area contributed by atoms with E-state index in [2.05, 4.69) is 39.2 Å². The molecule has 0 saturated carbocycles. The van der Waals surface area contributed by atoms with Gasteiger partial charge in [-0.2, -0.15) is 15.1 Å². The Morgan fingerprint density at radius 2 is 2.05 bits per heavy atom. The van der Waals surface area contributed by atoms with Gasteiger partial charge in [-0.1, -0.05) is 24.3 Å². The lowest BCUT2D eigenvalue weighted by Crippen LogP contribution is -2.18. The van der Waals surface area contributed by atoms with Crippen LogP contribution in [0.5, 0.6) is 0 Å². The van der Waals surface area contributed by atoms with Crippen molar-refractivity contribution in [3.05, 3.63) is 46.9 Å². The highest BCUT2D eigenvalue weighted by Gasteiger charge is 2.13. The van der Waals surface area contributed by atoms with Crippen molar-refractivity contribution in [2.24, 2.45) is 0 Å². The van der Waals surface area contributed by atoms with Crippen molar-refractivity contribution in [2.75, 3.05) is 11.9 Å². The van der Waals surface area contributed by atoms with E-state index in [1.54, 1.807) is 6.20 Å². The van der Waals surface area contributed by atoms with Crippen LogP contribution in [0.25, 0.3) is 11.0 Å². The van der Waals surface area contributed by atoms with Gasteiger partial charge in [0.1, 0.15) is 5.82 Å². The van der Waals surface area contributed by atoms with Gasteiger partial charge < -0.3 is 4.90 Å². The molecule has 0 bridgehead atoms. The third kappa shape index (κ3) is 2.32. The first-order valence-corrected chi connectivity index (χ1v) is 6.65. The zero-order valence-electron chi connectivity index (χ0n) is 11.3. The van der Waals surface area contributed by atoms with Gasteiger partial charge in [0.15, 0.2) is 5.65 Å². The number of fused-ring (bicyclic) bond motifs is 1. The number of nitrogens with zero attached hydrogens (tertiary/aromatic N) is 4. The van der Waals surface area contributed by atoms with E-state index in [-0.39, 0.29) is 5.28 Å². The molecule has 0 fully saturated rings. The molecule has 3 rings (SSSR count). The summed E-state index contributed by atoms with van der Waals surface area (Å²) in [5.74, 6) is 0.775. The molecular weight excluding hydrogens is 274 g/mol. The normalized spacial score (nSPS) is 10.9. The third-order valence-corrected chi connectivity index (χ3v) is 3.46. The maximum Gasteiger partial charge on any atom is 0.226 e. The Morgan fingerprint density at radius 3 is 2.85 bits per heavy atom. The molecule has 6 heteroatoms. The van der Waals surface area contributed by atoms with Crippen LogP contribution in [0.15, 0.2) is 30.5 Å². The molecule has 3 aromatic rings. The summed E-state index contributed by atoms with van der Waals surface area (Å²) >= 11 is 5.96. The summed E-state index contributed by atoms with van der Waals surface area (Å²) in [6, 6.07) is 8.29. The Bertz CT molecular complexity index is 752. The number of aryl methyl sites for hydroxylation is 1. The zero-order chi connectivity index (χ0) is 14.1. The van der Waals surface area contributed by atoms with Crippen molar-refractivity contribution in [3.63, 3.8) is 0 Å². The minimum atomic E-state index is 0.216. The van der Waals surface area contributed by atoms with Crippen LogP contribution < -0.4 is 4.90 Å². The summed E-state index contributed by atoms with van der Waals surface area (Å²) in [6.07, 6.45) is 1.72. The number of halogens is 1.